The van der Waals surface area contributed by atoms with Crippen LogP contribution in [0.1, 0.15) is 46.4 Å². The number of hydrogen-bond acceptors (Lipinski definition) is 4. The third-order valence-electron chi connectivity index (χ3n) is 7.27. The number of nitrogens with one attached hydrogen (secondary N) is 1. The van der Waals surface area contributed by atoms with Crippen LogP contribution in [-0.2, 0) is 6.54 Å². The summed E-state index contributed by atoms with van der Waals surface area (Å²) >= 11 is 0. The molecule has 6 heteroatoms. The number of aryl methyl sites for hydroxylation is 1. The van der Waals surface area contributed by atoms with Gasteiger partial charge >= 0.3 is 5.97 Å². The first-order valence-electron chi connectivity index (χ1n) is 11.4. The Hall–Kier alpha value is -2.83. The maximum Gasteiger partial charge on any atom is 0.335 e. The van der Waals surface area contributed by atoms with Gasteiger partial charge in [0.1, 0.15) is 5.75 Å². The molecule has 2 fully saturated rings. The zero-order valence-electron chi connectivity index (χ0n) is 19.0. The van der Waals surface area contributed by atoms with Gasteiger partial charge in [-0.25, -0.2) is 4.79 Å². The molecule has 2 aromatic carbocycles. The van der Waals surface area contributed by atoms with Gasteiger partial charge < -0.3 is 14.8 Å². The third kappa shape index (κ3) is 3.67. The topological polar surface area (TPSA) is 68.8 Å². The first-order valence-corrected chi connectivity index (χ1v) is 11.4. The second-order valence-electron chi connectivity index (χ2n) is 9.46. The first kappa shape index (κ1) is 21.0. The Morgan fingerprint density at radius 2 is 1.97 bits per heavy atom. The molecule has 0 bridgehead atoms. The number of aromatic carboxylic acids is 1. The highest BCUT2D eigenvalue weighted by atomic mass is 16.5. The van der Waals surface area contributed by atoms with Crippen LogP contribution in [0.4, 0.5) is 0 Å². The highest BCUT2D eigenvalue weighted by molar-refractivity contribution is 5.88. The molecule has 2 N–H and O–H groups in total. The van der Waals surface area contributed by atoms with Crippen LogP contribution in [0.25, 0.3) is 10.9 Å². The van der Waals surface area contributed by atoms with E-state index in [1.807, 2.05) is 18.3 Å². The molecule has 2 saturated heterocycles. The number of fused-ring (bicyclic) bond motifs is 2. The fraction of sp³-hybridized carbons (Fsp3) is 0.423. The van der Waals surface area contributed by atoms with Crippen LogP contribution in [0.2, 0.25) is 0 Å². The summed E-state index contributed by atoms with van der Waals surface area (Å²) in [6.45, 7) is 8.34. The first-order chi connectivity index (χ1) is 15.4. The van der Waals surface area contributed by atoms with Crippen molar-refractivity contribution >= 4 is 16.9 Å². The Morgan fingerprint density at radius 3 is 2.69 bits per heavy atom. The lowest BCUT2D eigenvalue weighted by Crippen LogP contribution is -2.51. The monoisotopic (exact) mass is 433 g/mol. The minimum atomic E-state index is -0.885. The third-order valence-corrected chi connectivity index (χ3v) is 7.27. The molecule has 1 unspecified atom stereocenters. The van der Waals surface area contributed by atoms with Crippen molar-refractivity contribution in [3.8, 4) is 5.75 Å². The number of benzene rings is 2. The van der Waals surface area contributed by atoms with Crippen molar-refractivity contribution in [2.75, 3.05) is 26.7 Å². The predicted molar refractivity (Wildman–Crippen MR) is 125 cm³/mol. The number of carboxylic acids is 1. The van der Waals surface area contributed by atoms with E-state index >= 15 is 0 Å². The molecule has 2 aliphatic heterocycles. The van der Waals surface area contributed by atoms with Gasteiger partial charge in [0.15, 0.2) is 0 Å². The van der Waals surface area contributed by atoms with Crippen LogP contribution < -0.4 is 4.74 Å². The van der Waals surface area contributed by atoms with E-state index in [9.17, 15) is 9.90 Å². The minimum Gasteiger partial charge on any atom is -0.496 e. The van der Waals surface area contributed by atoms with Gasteiger partial charge in [-0.05, 0) is 54.7 Å². The van der Waals surface area contributed by atoms with Crippen molar-refractivity contribution in [2.24, 2.45) is 5.92 Å². The largest absolute Gasteiger partial charge is 0.496 e. The number of aromatic nitrogens is 1. The lowest BCUT2D eigenvalue weighted by molar-refractivity contribution is 0.0443. The van der Waals surface area contributed by atoms with E-state index in [0.29, 0.717) is 17.5 Å². The fourth-order valence-corrected chi connectivity index (χ4v) is 5.71. The zero-order valence-corrected chi connectivity index (χ0v) is 19.0. The fourth-order valence-electron chi connectivity index (χ4n) is 5.71. The number of aromatic amines is 1. The number of methoxy groups -OCH3 is 1. The van der Waals surface area contributed by atoms with E-state index in [-0.39, 0.29) is 6.04 Å². The van der Waals surface area contributed by atoms with Crippen molar-refractivity contribution in [3.63, 3.8) is 0 Å². The van der Waals surface area contributed by atoms with Crippen LogP contribution in [0.5, 0.6) is 5.75 Å². The number of ether oxygens (including phenoxy) is 1. The summed E-state index contributed by atoms with van der Waals surface area (Å²) in [5.41, 5.74) is 5.06. The molecule has 32 heavy (non-hydrogen) atoms. The van der Waals surface area contributed by atoms with E-state index in [2.05, 4.69) is 40.8 Å². The lowest BCUT2D eigenvalue weighted by Gasteiger charge is -2.44. The maximum atomic E-state index is 11.3. The van der Waals surface area contributed by atoms with E-state index < -0.39 is 5.97 Å². The van der Waals surface area contributed by atoms with Gasteiger partial charge in [0.2, 0.25) is 0 Å². The van der Waals surface area contributed by atoms with E-state index in [1.54, 1.807) is 19.2 Å². The van der Waals surface area contributed by atoms with Crippen LogP contribution in [-0.4, -0.2) is 58.6 Å². The Labute approximate surface area is 188 Å². The van der Waals surface area contributed by atoms with Gasteiger partial charge in [0.25, 0.3) is 0 Å². The SMILES string of the molecule is COc1cc(C)c2[nH]ccc2c1CN1C[C@@H]2C[C@@H](C)CN2CC1c1ccc(C(=O)O)cc1. The molecular weight excluding hydrogens is 402 g/mol. The molecule has 0 spiro atoms. The minimum absolute atomic E-state index is 0.208. The van der Waals surface area contributed by atoms with Gasteiger partial charge in [-0.2, -0.15) is 0 Å². The van der Waals surface area contributed by atoms with Crippen LogP contribution in [0, 0.1) is 12.8 Å². The molecule has 3 heterocycles. The van der Waals surface area contributed by atoms with E-state index in [1.165, 1.54) is 28.5 Å². The number of carbonyl (C=O) groups is 1. The summed E-state index contributed by atoms with van der Waals surface area (Å²) < 4.78 is 5.82. The molecule has 3 atom stereocenters. The molecular formula is C26H31N3O3. The molecule has 5 rings (SSSR count). The van der Waals surface area contributed by atoms with Crippen molar-refractivity contribution in [2.45, 2.75) is 38.9 Å². The summed E-state index contributed by atoms with van der Waals surface area (Å²) in [4.78, 5) is 19.9. The van der Waals surface area contributed by atoms with Gasteiger partial charge in [0.05, 0.1) is 12.7 Å². The molecule has 1 aromatic heterocycles. The van der Waals surface area contributed by atoms with Gasteiger partial charge in [-0.1, -0.05) is 19.1 Å². The van der Waals surface area contributed by atoms with Crippen molar-refractivity contribution in [1.82, 2.24) is 14.8 Å². The Kier molecular flexibility index (Phi) is 5.43. The summed E-state index contributed by atoms with van der Waals surface area (Å²) in [5, 5.41) is 10.5. The average molecular weight is 434 g/mol. The van der Waals surface area contributed by atoms with Crippen LogP contribution in [0.15, 0.2) is 42.6 Å². The van der Waals surface area contributed by atoms with Crippen LogP contribution >= 0.6 is 0 Å². The number of H-pyrrole nitrogens is 1. The lowest BCUT2D eigenvalue weighted by atomic mass is 9.96. The molecule has 6 nitrogen and oxygen atoms in total. The second-order valence-corrected chi connectivity index (χ2v) is 9.46. The molecule has 0 amide bonds. The van der Waals surface area contributed by atoms with Gasteiger partial charge in [-0.3, -0.25) is 9.80 Å². The van der Waals surface area contributed by atoms with Crippen LogP contribution in [0.3, 0.4) is 0 Å². The molecule has 168 valence electrons. The second kappa shape index (κ2) is 8.26. The highest BCUT2D eigenvalue weighted by Gasteiger charge is 2.39. The van der Waals surface area contributed by atoms with Gasteiger partial charge in [-0.15, -0.1) is 0 Å². The van der Waals surface area contributed by atoms with Crippen molar-refractivity contribution in [3.05, 3.63) is 64.8 Å². The van der Waals surface area contributed by atoms with E-state index in [0.717, 1.165) is 37.4 Å². The van der Waals surface area contributed by atoms with Crippen molar-refractivity contribution in [1.29, 1.82) is 0 Å². The number of piperazine rings is 1. The zero-order chi connectivity index (χ0) is 22.4. The van der Waals surface area contributed by atoms with Gasteiger partial charge in [0, 0.05) is 60.9 Å². The summed E-state index contributed by atoms with van der Waals surface area (Å²) in [5.74, 6) is 0.752. The quantitative estimate of drug-likeness (QED) is 0.622. The standard InChI is InChI=1S/C26H31N3O3/c1-16-10-20-13-29(14-22-21-8-9-27-25(21)17(2)11-24(22)32-3)23(15-28(20)12-16)18-4-6-19(7-5-18)26(30)31/h4-9,11,16,20,23,27H,10,12-15H2,1-3H3,(H,30,31)/t16-,20+,23?/m1/s1. The summed E-state index contributed by atoms with van der Waals surface area (Å²) in [7, 11) is 1.75. The highest BCUT2D eigenvalue weighted by Crippen LogP contribution is 2.38. The summed E-state index contributed by atoms with van der Waals surface area (Å²) in [6.07, 6.45) is 3.23. The number of nitrogens with zero attached hydrogens (tertiary/aromatic N) is 2. The van der Waals surface area contributed by atoms with E-state index in [4.69, 9.17) is 4.74 Å². The number of rotatable bonds is 5. The predicted octanol–water partition coefficient (Wildman–Crippen LogP) is 4.45. The number of hydrogen-bond donors (Lipinski definition) is 2. The summed E-state index contributed by atoms with van der Waals surface area (Å²) in [6, 6.07) is 12.5. The Bertz CT molecular complexity index is 1140. The average Bonchev–Trinajstić information content (AvgIpc) is 3.41. The Morgan fingerprint density at radius 1 is 1.19 bits per heavy atom. The van der Waals surface area contributed by atoms with Crippen molar-refractivity contribution < 1.29 is 14.6 Å². The molecule has 0 aliphatic carbocycles. The molecule has 0 saturated carbocycles. The smallest absolute Gasteiger partial charge is 0.335 e. The molecule has 3 aromatic rings. The normalized spacial score (nSPS) is 24.0. The molecule has 2 aliphatic rings. The Balaban J connectivity index is 1.52. The molecule has 0 radical (unpaired) electrons. The number of carboxylic acid groups (broad SMARTS) is 1. The maximum absolute atomic E-state index is 11.3.